The van der Waals surface area contributed by atoms with Crippen LogP contribution in [0.15, 0.2) is 37.1 Å². The zero-order valence-electron chi connectivity index (χ0n) is 17.5. The summed E-state index contributed by atoms with van der Waals surface area (Å²) >= 11 is 0. The van der Waals surface area contributed by atoms with Crippen molar-refractivity contribution >= 4 is 23.5 Å². The van der Waals surface area contributed by atoms with E-state index in [-0.39, 0.29) is 6.04 Å². The SMILES string of the molecule is CCOC(=O)c1cnn2ccc(N3CCCC3c3cncnc3/C=C/C(C)C)nc12. The smallest absolute Gasteiger partial charge is 0.343 e. The molecule has 0 N–H and O–H groups in total. The first-order chi connectivity index (χ1) is 14.6. The van der Waals surface area contributed by atoms with E-state index >= 15 is 0 Å². The average Bonchev–Trinajstić information content (AvgIpc) is 3.39. The molecule has 1 aliphatic rings. The number of ether oxygens (including phenoxy) is 1. The van der Waals surface area contributed by atoms with E-state index < -0.39 is 5.97 Å². The van der Waals surface area contributed by atoms with Gasteiger partial charge in [-0.05, 0) is 37.8 Å². The second-order valence-corrected chi connectivity index (χ2v) is 7.65. The van der Waals surface area contributed by atoms with Gasteiger partial charge in [0.25, 0.3) is 0 Å². The Labute approximate surface area is 175 Å². The Morgan fingerprint density at radius 3 is 3.03 bits per heavy atom. The summed E-state index contributed by atoms with van der Waals surface area (Å²) < 4.78 is 6.74. The lowest BCUT2D eigenvalue weighted by Crippen LogP contribution is -2.25. The largest absolute Gasteiger partial charge is 0.462 e. The molecule has 0 spiro atoms. The lowest BCUT2D eigenvalue weighted by atomic mass is 10.0. The van der Waals surface area contributed by atoms with Crippen molar-refractivity contribution in [2.45, 2.75) is 39.7 Å². The fourth-order valence-corrected chi connectivity index (χ4v) is 3.77. The van der Waals surface area contributed by atoms with Gasteiger partial charge < -0.3 is 9.64 Å². The predicted octanol–water partition coefficient (Wildman–Crippen LogP) is 3.71. The van der Waals surface area contributed by atoms with Gasteiger partial charge in [0.05, 0.1) is 24.5 Å². The number of allylic oxidation sites excluding steroid dienone is 1. The molecule has 4 rings (SSSR count). The minimum absolute atomic E-state index is 0.127. The Morgan fingerprint density at radius 2 is 2.23 bits per heavy atom. The van der Waals surface area contributed by atoms with Crippen molar-refractivity contribution in [2.75, 3.05) is 18.1 Å². The molecule has 0 radical (unpaired) electrons. The predicted molar refractivity (Wildman–Crippen MR) is 114 cm³/mol. The van der Waals surface area contributed by atoms with Crippen LogP contribution in [-0.2, 0) is 4.74 Å². The maximum Gasteiger partial charge on any atom is 0.343 e. The fraction of sp³-hybridized carbons (Fsp3) is 0.409. The number of carbonyl (C=O) groups excluding carboxylic acids is 1. The third kappa shape index (κ3) is 3.90. The molecule has 30 heavy (non-hydrogen) atoms. The molecule has 8 nitrogen and oxygen atoms in total. The Kier molecular flexibility index (Phi) is 5.74. The van der Waals surface area contributed by atoms with Crippen LogP contribution in [0.4, 0.5) is 5.82 Å². The summed E-state index contributed by atoms with van der Waals surface area (Å²) in [4.78, 5) is 28.1. The summed E-state index contributed by atoms with van der Waals surface area (Å²) in [5, 5.41) is 4.23. The number of nitrogens with zero attached hydrogens (tertiary/aromatic N) is 6. The molecule has 8 heteroatoms. The first kappa shape index (κ1) is 20.0. The number of rotatable bonds is 6. The number of carbonyl (C=O) groups is 1. The molecule has 0 bridgehead atoms. The van der Waals surface area contributed by atoms with Gasteiger partial charge >= 0.3 is 5.97 Å². The summed E-state index contributed by atoms with van der Waals surface area (Å²) in [6.45, 7) is 7.25. The second-order valence-electron chi connectivity index (χ2n) is 7.65. The van der Waals surface area contributed by atoms with E-state index in [4.69, 9.17) is 9.72 Å². The first-order valence-corrected chi connectivity index (χ1v) is 10.3. The van der Waals surface area contributed by atoms with Gasteiger partial charge in [0.1, 0.15) is 17.7 Å². The van der Waals surface area contributed by atoms with Gasteiger partial charge in [0.15, 0.2) is 5.65 Å². The van der Waals surface area contributed by atoms with Crippen molar-refractivity contribution in [2.24, 2.45) is 5.92 Å². The number of fused-ring (bicyclic) bond motifs is 1. The minimum Gasteiger partial charge on any atom is -0.462 e. The molecule has 0 aromatic carbocycles. The maximum atomic E-state index is 12.3. The molecular formula is C22H26N6O2. The molecule has 3 aromatic heterocycles. The van der Waals surface area contributed by atoms with E-state index in [2.05, 4.69) is 46.0 Å². The Bertz CT molecular complexity index is 1070. The zero-order chi connectivity index (χ0) is 21.1. The number of hydrogen-bond donors (Lipinski definition) is 0. The molecule has 1 aliphatic heterocycles. The molecule has 4 heterocycles. The number of anilines is 1. The van der Waals surface area contributed by atoms with Crippen LogP contribution in [0.2, 0.25) is 0 Å². The van der Waals surface area contributed by atoms with Crippen molar-refractivity contribution < 1.29 is 9.53 Å². The lowest BCUT2D eigenvalue weighted by molar-refractivity contribution is 0.0528. The van der Waals surface area contributed by atoms with E-state index in [0.29, 0.717) is 23.7 Å². The summed E-state index contributed by atoms with van der Waals surface area (Å²) in [5.74, 6) is 0.839. The summed E-state index contributed by atoms with van der Waals surface area (Å²) in [7, 11) is 0. The topological polar surface area (TPSA) is 85.5 Å². The van der Waals surface area contributed by atoms with Gasteiger partial charge in [-0.15, -0.1) is 0 Å². The van der Waals surface area contributed by atoms with Gasteiger partial charge in [0.2, 0.25) is 0 Å². The van der Waals surface area contributed by atoms with Crippen LogP contribution in [0.5, 0.6) is 0 Å². The van der Waals surface area contributed by atoms with Gasteiger partial charge in [-0.3, -0.25) is 0 Å². The normalized spacial score (nSPS) is 16.8. The Hall–Kier alpha value is -3.29. The van der Waals surface area contributed by atoms with Gasteiger partial charge in [0, 0.05) is 24.5 Å². The van der Waals surface area contributed by atoms with Crippen LogP contribution < -0.4 is 4.90 Å². The van der Waals surface area contributed by atoms with Crippen LogP contribution in [0, 0.1) is 5.92 Å². The highest BCUT2D eigenvalue weighted by Gasteiger charge is 2.30. The average molecular weight is 406 g/mol. The molecule has 156 valence electrons. The molecular weight excluding hydrogens is 380 g/mol. The van der Waals surface area contributed by atoms with Crippen molar-refractivity contribution in [1.29, 1.82) is 0 Å². The van der Waals surface area contributed by atoms with Crippen molar-refractivity contribution in [3.8, 4) is 0 Å². The minimum atomic E-state index is -0.410. The van der Waals surface area contributed by atoms with E-state index in [0.717, 1.165) is 36.5 Å². The van der Waals surface area contributed by atoms with Crippen LogP contribution in [0.3, 0.4) is 0 Å². The van der Waals surface area contributed by atoms with E-state index in [9.17, 15) is 4.79 Å². The third-order valence-electron chi connectivity index (χ3n) is 5.17. The molecule has 1 unspecified atom stereocenters. The van der Waals surface area contributed by atoms with Crippen LogP contribution in [0.1, 0.15) is 61.3 Å². The van der Waals surface area contributed by atoms with Crippen LogP contribution in [0.25, 0.3) is 11.7 Å². The monoisotopic (exact) mass is 406 g/mol. The van der Waals surface area contributed by atoms with Gasteiger partial charge in [-0.25, -0.2) is 24.3 Å². The van der Waals surface area contributed by atoms with Crippen molar-refractivity contribution in [3.05, 3.63) is 53.9 Å². The third-order valence-corrected chi connectivity index (χ3v) is 5.17. The standard InChI is InChI=1S/C22H26N6O2/c1-4-30-22(29)17-13-25-28-11-9-20(26-21(17)28)27-10-5-6-19(27)16-12-23-14-24-18(16)8-7-15(2)3/h7-9,11-15,19H,4-6,10H2,1-3H3/b8-7+. The van der Waals surface area contributed by atoms with E-state index in [1.165, 1.54) is 6.20 Å². The maximum absolute atomic E-state index is 12.3. The lowest BCUT2D eigenvalue weighted by Gasteiger charge is -2.26. The van der Waals surface area contributed by atoms with E-state index in [1.807, 2.05) is 18.5 Å². The second kappa shape index (κ2) is 8.61. The van der Waals surface area contributed by atoms with Gasteiger partial charge in [-0.2, -0.15) is 5.10 Å². The first-order valence-electron chi connectivity index (χ1n) is 10.3. The Morgan fingerprint density at radius 1 is 1.37 bits per heavy atom. The quantitative estimate of drug-likeness (QED) is 0.577. The van der Waals surface area contributed by atoms with Crippen LogP contribution >= 0.6 is 0 Å². The summed E-state index contributed by atoms with van der Waals surface area (Å²) in [6.07, 6.45) is 13.1. The molecule has 0 amide bonds. The number of esters is 1. The molecule has 1 saturated heterocycles. The number of hydrogen-bond acceptors (Lipinski definition) is 7. The summed E-state index contributed by atoms with van der Waals surface area (Å²) in [5.41, 5.74) is 2.90. The highest BCUT2D eigenvalue weighted by Crippen LogP contribution is 2.36. The van der Waals surface area contributed by atoms with Gasteiger partial charge in [-0.1, -0.05) is 19.9 Å². The van der Waals surface area contributed by atoms with E-state index in [1.54, 1.807) is 17.8 Å². The van der Waals surface area contributed by atoms with Crippen molar-refractivity contribution in [1.82, 2.24) is 24.6 Å². The fourth-order valence-electron chi connectivity index (χ4n) is 3.77. The molecule has 1 fully saturated rings. The van der Waals surface area contributed by atoms with Crippen molar-refractivity contribution in [3.63, 3.8) is 0 Å². The summed E-state index contributed by atoms with van der Waals surface area (Å²) in [6, 6.07) is 2.06. The molecule has 3 aromatic rings. The number of aromatic nitrogens is 5. The molecule has 0 aliphatic carbocycles. The zero-order valence-corrected chi connectivity index (χ0v) is 17.5. The highest BCUT2D eigenvalue weighted by molar-refractivity contribution is 5.95. The molecule has 1 atom stereocenters. The Balaban J connectivity index is 1.70. The highest BCUT2D eigenvalue weighted by atomic mass is 16.5. The molecule has 0 saturated carbocycles. The van der Waals surface area contributed by atoms with Crippen LogP contribution in [-0.4, -0.2) is 43.7 Å².